The van der Waals surface area contributed by atoms with Gasteiger partial charge in [0.25, 0.3) is 0 Å². The summed E-state index contributed by atoms with van der Waals surface area (Å²) in [6, 6.07) is 8.52. The van der Waals surface area contributed by atoms with E-state index in [1.54, 1.807) is 23.1 Å². The van der Waals surface area contributed by atoms with Gasteiger partial charge in [0, 0.05) is 23.0 Å². The summed E-state index contributed by atoms with van der Waals surface area (Å²) in [5, 5.41) is 5.46. The first-order chi connectivity index (χ1) is 8.40. The van der Waals surface area contributed by atoms with Crippen molar-refractivity contribution in [3.05, 3.63) is 41.4 Å². The largest absolute Gasteiger partial charge is 0.313 e. The Kier molecular flexibility index (Phi) is 5.04. The third kappa shape index (κ3) is 3.84. The standard InChI is InChI=1S/C13H16N2S2/c1-2-7-14-10-11-5-3-4-6-12(11)17-13-15-8-9-16-13/h3-6,8-9,14H,2,7,10H2,1H3. The van der Waals surface area contributed by atoms with Crippen molar-refractivity contribution in [3.63, 3.8) is 0 Å². The first kappa shape index (κ1) is 12.6. The predicted octanol–water partition coefficient (Wildman–Crippen LogP) is 3.79. The smallest absolute Gasteiger partial charge is 0.154 e. The number of hydrogen-bond donors (Lipinski definition) is 1. The summed E-state index contributed by atoms with van der Waals surface area (Å²) >= 11 is 3.43. The van der Waals surface area contributed by atoms with Crippen LogP contribution in [0.15, 0.2) is 45.1 Å². The van der Waals surface area contributed by atoms with Gasteiger partial charge in [-0.3, -0.25) is 0 Å². The second-order valence-electron chi connectivity index (χ2n) is 3.68. The maximum absolute atomic E-state index is 4.31. The highest BCUT2D eigenvalue weighted by atomic mass is 32.2. The van der Waals surface area contributed by atoms with Gasteiger partial charge < -0.3 is 5.32 Å². The zero-order valence-electron chi connectivity index (χ0n) is 9.85. The van der Waals surface area contributed by atoms with Crippen molar-refractivity contribution in [3.8, 4) is 0 Å². The Morgan fingerprint density at radius 1 is 1.35 bits per heavy atom. The maximum Gasteiger partial charge on any atom is 0.154 e. The Balaban J connectivity index is 2.05. The normalized spacial score (nSPS) is 10.6. The van der Waals surface area contributed by atoms with Gasteiger partial charge in [0.2, 0.25) is 0 Å². The van der Waals surface area contributed by atoms with Crippen LogP contribution < -0.4 is 5.32 Å². The van der Waals surface area contributed by atoms with Crippen molar-refractivity contribution in [2.45, 2.75) is 29.1 Å². The predicted molar refractivity (Wildman–Crippen MR) is 74.7 cm³/mol. The third-order valence-corrected chi connectivity index (χ3v) is 4.32. The lowest BCUT2D eigenvalue weighted by Crippen LogP contribution is -2.14. The average molecular weight is 264 g/mol. The summed E-state index contributed by atoms with van der Waals surface area (Å²) in [5.41, 5.74) is 1.35. The molecule has 0 bridgehead atoms. The molecule has 0 aliphatic heterocycles. The van der Waals surface area contributed by atoms with Crippen molar-refractivity contribution in [2.75, 3.05) is 6.54 Å². The Bertz CT molecular complexity index is 440. The monoisotopic (exact) mass is 264 g/mol. The molecule has 1 N–H and O–H groups in total. The number of rotatable bonds is 6. The van der Waals surface area contributed by atoms with Crippen LogP contribution in [-0.2, 0) is 6.54 Å². The third-order valence-electron chi connectivity index (χ3n) is 2.32. The lowest BCUT2D eigenvalue weighted by atomic mass is 10.2. The topological polar surface area (TPSA) is 24.9 Å². The van der Waals surface area contributed by atoms with Gasteiger partial charge in [-0.1, -0.05) is 36.9 Å². The number of nitrogens with one attached hydrogen (secondary N) is 1. The van der Waals surface area contributed by atoms with E-state index in [4.69, 9.17) is 0 Å². The maximum atomic E-state index is 4.31. The van der Waals surface area contributed by atoms with E-state index in [9.17, 15) is 0 Å². The molecular weight excluding hydrogens is 248 g/mol. The fraction of sp³-hybridized carbons (Fsp3) is 0.308. The van der Waals surface area contributed by atoms with E-state index in [1.807, 2.05) is 11.6 Å². The molecule has 1 aromatic heterocycles. The van der Waals surface area contributed by atoms with Gasteiger partial charge in [-0.2, -0.15) is 0 Å². The second kappa shape index (κ2) is 6.79. The van der Waals surface area contributed by atoms with Gasteiger partial charge >= 0.3 is 0 Å². The molecular formula is C13H16N2S2. The molecule has 0 amide bonds. The van der Waals surface area contributed by atoms with Gasteiger partial charge in [-0.25, -0.2) is 4.98 Å². The number of nitrogens with zero attached hydrogens (tertiary/aromatic N) is 1. The zero-order valence-corrected chi connectivity index (χ0v) is 11.5. The summed E-state index contributed by atoms with van der Waals surface area (Å²) in [4.78, 5) is 5.61. The molecule has 0 saturated heterocycles. The van der Waals surface area contributed by atoms with Gasteiger partial charge in [-0.05, 0) is 24.6 Å². The van der Waals surface area contributed by atoms with E-state index >= 15 is 0 Å². The SMILES string of the molecule is CCCNCc1ccccc1Sc1nccs1. The molecule has 0 unspecified atom stereocenters. The van der Waals surface area contributed by atoms with Crippen molar-refractivity contribution < 1.29 is 0 Å². The molecule has 0 spiro atoms. The van der Waals surface area contributed by atoms with Gasteiger partial charge in [-0.15, -0.1) is 11.3 Å². The highest BCUT2D eigenvalue weighted by Crippen LogP contribution is 2.31. The Morgan fingerprint density at radius 3 is 3.00 bits per heavy atom. The van der Waals surface area contributed by atoms with E-state index in [0.717, 1.165) is 17.4 Å². The fourth-order valence-corrected chi connectivity index (χ4v) is 3.21. The van der Waals surface area contributed by atoms with Crippen LogP contribution in [-0.4, -0.2) is 11.5 Å². The molecule has 17 heavy (non-hydrogen) atoms. The molecule has 1 aromatic carbocycles. The highest BCUT2D eigenvalue weighted by Gasteiger charge is 2.04. The molecule has 0 fully saturated rings. The first-order valence-electron chi connectivity index (χ1n) is 5.76. The van der Waals surface area contributed by atoms with E-state index in [0.29, 0.717) is 0 Å². The number of benzene rings is 1. The van der Waals surface area contributed by atoms with Crippen molar-refractivity contribution in [1.82, 2.24) is 10.3 Å². The zero-order chi connectivity index (χ0) is 11.9. The quantitative estimate of drug-likeness (QED) is 0.803. The summed E-state index contributed by atoms with van der Waals surface area (Å²) in [5.74, 6) is 0. The van der Waals surface area contributed by atoms with E-state index in [2.05, 4.69) is 41.5 Å². The Hall–Kier alpha value is -0.840. The van der Waals surface area contributed by atoms with Crippen LogP contribution in [0.25, 0.3) is 0 Å². The molecule has 0 atom stereocenters. The van der Waals surface area contributed by atoms with Crippen molar-refractivity contribution in [1.29, 1.82) is 0 Å². The van der Waals surface area contributed by atoms with Crippen LogP contribution >= 0.6 is 23.1 Å². The Labute approximate surface area is 110 Å². The molecule has 4 heteroatoms. The highest BCUT2D eigenvalue weighted by molar-refractivity contribution is 8.01. The first-order valence-corrected chi connectivity index (χ1v) is 7.45. The summed E-state index contributed by atoms with van der Waals surface area (Å²) in [6.45, 7) is 4.18. The summed E-state index contributed by atoms with van der Waals surface area (Å²) in [7, 11) is 0. The fourth-order valence-electron chi connectivity index (χ4n) is 1.50. The van der Waals surface area contributed by atoms with E-state index in [1.165, 1.54) is 16.9 Å². The number of aromatic nitrogens is 1. The molecule has 0 radical (unpaired) electrons. The van der Waals surface area contributed by atoms with Crippen molar-refractivity contribution >= 4 is 23.1 Å². The molecule has 2 aromatic rings. The molecule has 0 saturated carbocycles. The lowest BCUT2D eigenvalue weighted by molar-refractivity contribution is 0.669. The Morgan fingerprint density at radius 2 is 2.24 bits per heavy atom. The van der Waals surface area contributed by atoms with Crippen LogP contribution in [0.3, 0.4) is 0 Å². The number of hydrogen-bond acceptors (Lipinski definition) is 4. The summed E-state index contributed by atoms with van der Waals surface area (Å²) in [6.07, 6.45) is 3.02. The second-order valence-corrected chi connectivity index (χ2v) is 5.87. The molecule has 0 aliphatic carbocycles. The molecule has 2 nitrogen and oxygen atoms in total. The number of thiazole rings is 1. The molecule has 90 valence electrons. The van der Waals surface area contributed by atoms with Gasteiger partial charge in [0.15, 0.2) is 4.34 Å². The average Bonchev–Trinajstić information content (AvgIpc) is 2.84. The lowest BCUT2D eigenvalue weighted by Gasteiger charge is -2.08. The van der Waals surface area contributed by atoms with Crippen molar-refractivity contribution in [2.24, 2.45) is 0 Å². The molecule has 2 rings (SSSR count). The van der Waals surface area contributed by atoms with Gasteiger partial charge in [0.05, 0.1) is 0 Å². The van der Waals surface area contributed by atoms with Crippen LogP contribution in [0.1, 0.15) is 18.9 Å². The minimum atomic E-state index is 0.933. The van der Waals surface area contributed by atoms with Gasteiger partial charge in [0.1, 0.15) is 0 Å². The molecule has 1 heterocycles. The van der Waals surface area contributed by atoms with Crippen LogP contribution in [0.4, 0.5) is 0 Å². The minimum Gasteiger partial charge on any atom is -0.313 e. The summed E-state index contributed by atoms with van der Waals surface area (Å²) < 4.78 is 1.10. The van der Waals surface area contributed by atoms with Crippen LogP contribution in [0.2, 0.25) is 0 Å². The molecule has 0 aliphatic rings. The van der Waals surface area contributed by atoms with Crippen LogP contribution in [0, 0.1) is 0 Å². The van der Waals surface area contributed by atoms with Crippen LogP contribution in [0.5, 0.6) is 0 Å². The van der Waals surface area contributed by atoms with E-state index in [-0.39, 0.29) is 0 Å². The van der Waals surface area contributed by atoms with E-state index < -0.39 is 0 Å². The minimum absolute atomic E-state index is 0.933.